The second-order valence-corrected chi connectivity index (χ2v) is 8.81. The van der Waals surface area contributed by atoms with Crippen LogP contribution in [-0.2, 0) is 23.1 Å². The van der Waals surface area contributed by atoms with Crippen LogP contribution in [0, 0.1) is 0 Å². The molecule has 0 radical (unpaired) electrons. The standard InChI is InChI=1S/C18H20Cl2N2O2S/c19-17-4-3-5-18(20)16(17)13-21-12-14-6-8-15(9-7-14)25(23,24)22-10-1-2-11-22/h3-9,21H,1-2,10-13H2. The van der Waals surface area contributed by atoms with E-state index in [2.05, 4.69) is 5.32 Å². The summed E-state index contributed by atoms with van der Waals surface area (Å²) in [4.78, 5) is 0.354. The molecule has 0 atom stereocenters. The summed E-state index contributed by atoms with van der Waals surface area (Å²) in [5, 5.41) is 4.55. The Balaban J connectivity index is 1.61. The van der Waals surface area contributed by atoms with Gasteiger partial charge in [-0.1, -0.05) is 41.4 Å². The van der Waals surface area contributed by atoms with E-state index in [1.165, 1.54) is 0 Å². The van der Waals surface area contributed by atoms with Crippen molar-refractivity contribution in [3.63, 3.8) is 0 Å². The van der Waals surface area contributed by atoms with Gasteiger partial charge in [-0.2, -0.15) is 4.31 Å². The molecule has 1 N–H and O–H groups in total. The molecular formula is C18H20Cl2N2O2S. The zero-order valence-electron chi connectivity index (χ0n) is 13.7. The minimum atomic E-state index is -3.35. The number of hydrogen-bond acceptors (Lipinski definition) is 3. The number of sulfonamides is 1. The summed E-state index contributed by atoms with van der Waals surface area (Å²) in [6, 6.07) is 12.5. The van der Waals surface area contributed by atoms with Crippen LogP contribution in [0.15, 0.2) is 47.4 Å². The topological polar surface area (TPSA) is 49.4 Å². The van der Waals surface area contributed by atoms with E-state index in [0.29, 0.717) is 41.1 Å². The number of halogens is 2. The molecule has 1 fully saturated rings. The summed E-state index contributed by atoms with van der Waals surface area (Å²) in [6.07, 6.45) is 1.87. The first-order valence-electron chi connectivity index (χ1n) is 8.21. The fourth-order valence-corrected chi connectivity index (χ4v) is 4.94. The molecule has 0 spiro atoms. The van der Waals surface area contributed by atoms with Gasteiger partial charge >= 0.3 is 0 Å². The van der Waals surface area contributed by atoms with Crippen LogP contribution in [0.5, 0.6) is 0 Å². The highest BCUT2D eigenvalue weighted by Crippen LogP contribution is 2.24. The van der Waals surface area contributed by atoms with E-state index in [-0.39, 0.29) is 0 Å². The number of nitrogens with zero attached hydrogens (tertiary/aromatic N) is 1. The van der Waals surface area contributed by atoms with Crippen LogP contribution in [0.4, 0.5) is 0 Å². The molecule has 0 unspecified atom stereocenters. The fourth-order valence-electron chi connectivity index (χ4n) is 2.89. The van der Waals surface area contributed by atoms with Gasteiger partial charge in [-0.25, -0.2) is 8.42 Å². The molecular weight excluding hydrogens is 379 g/mol. The van der Waals surface area contributed by atoms with Crippen LogP contribution < -0.4 is 5.32 Å². The first kappa shape index (κ1) is 18.7. The monoisotopic (exact) mass is 398 g/mol. The van der Waals surface area contributed by atoms with Gasteiger partial charge in [0.1, 0.15) is 0 Å². The van der Waals surface area contributed by atoms with Crippen LogP contribution in [0.25, 0.3) is 0 Å². The summed E-state index contributed by atoms with van der Waals surface area (Å²) < 4.78 is 26.6. The molecule has 0 aromatic heterocycles. The van der Waals surface area contributed by atoms with Crippen molar-refractivity contribution < 1.29 is 8.42 Å². The highest BCUT2D eigenvalue weighted by molar-refractivity contribution is 7.89. The Kier molecular flexibility index (Phi) is 6.02. The highest BCUT2D eigenvalue weighted by atomic mass is 35.5. The van der Waals surface area contributed by atoms with Crippen LogP contribution in [-0.4, -0.2) is 25.8 Å². The maximum absolute atomic E-state index is 12.5. The normalized spacial score (nSPS) is 15.6. The van der Waals surface area contributed by atoms with Crippen molar-refractivity contribution >= 4 is 33.2 Å². The van der Waals surface area contributed by atoms with Crippen molar-refractivity contribution in [2.75, 3.05) is 13.1 Å². The lowest BCUT2D eigenvalue weighted by atomic mass is 10.2. The van der Waals surface area contributed by atoms with Crippen molar-refractivity contribution in [2.45, 2.75) is 30.8 Å². The molecule has 0 saturated carbocycles. The molecule has 3 rings (SSSR count). The van der Waals surface area contributed by atoms with E-state index in [0.717, 1.165) is 24.0 Å². The summed E-state index contributed by atoms with van der Waals surface area (Å²) in [7, 11) is -3.35. The van der Waals surface area contributed by atoms with Gasteiger partial charge in [0.15, 0.2) is 0 Å². The molecule has 1 saturated heterocycles. The smallest absolute Gasteiger partial charge is 0.243 e. The Hall–Kier alpha value is -1.11. The summed E-state index contributed by atoms with van der Waals surface area (Å²) in [5.41, 5.74) is 1.86. The quantitative estimate of drug-likeness (QED) is 0.797. The van der Waals surface area contributed by atoms with E-state index >= 15 is 0 Å². The lowest BCUT2D eigenvalue weighted by Crippen LogP contribution is -2.27. The Morgan fingerprint density at radius 2 is 1.52 bits per heavy atom. The Morgan fingerprint density at radius 3 is 2.12 bits per heavy atom. The zero-order chi connectivity index (χ0) is 17.9. The predicted molar refractivity (Wildman–Crippen MR) is 101 cm³/mol. The van der Waals surface area contributed by atoms with Crippen LogP contribution in [0.2, 0.25) is 10.0 Å². The summed E-state index contributed by atoms with van der Waals surface area (Å²) in [5.74, 6) is 0. The molecule has 1 aliphatic rings. The van der Waals surface area contributed by atoms with Crippen molar-refractivity contribution in [3.8, 4) is 0 Å². The van der Waals surface area contributed by atoms with Crippen LogP contribution in [0.3, 0.4) is 0 Å². The average Bonchev–Trinajstić information content (AvgIpc) is 3.13. The average molecular weight is 399 g/mol. The summed E-state index contributed by atoms with van der Waals surface area (Å²) >= 11 is 12.3. The van der Waals surface area contributed by atoms with E-state index in [1.54, 1.807) is 16.4 Å². The van der Waals surface area contributed by atoms with Gasteiger partial charge in [0.25, 0.3) is 0 Å². The fraction of sp³-hybridized carbons (Fsp3) is 0.333. The zero-order valence-corrected chi connectivity index (χ0v) is 16.0. The lowest BCUT2D eigenvalue weighted by molar-refractivity contribution is 0.477. The van der Waals surface area contributed by atoms with E-state index < -0.39 is 10.0 Å². The minimum absolute atomic E-state index is 0.354. The third-order valence-electron chi connectivity index (χ3n) is 4.32. The van der Waals surface area contributed by atoms with Gasteiger partial charge in [-0.15, -0.1) is 0 Å². The molecule has 0 aliphatic carbocycles. The number of hydrogen-bond donors (Lipinski definition) is 1. The lowest BCUT2D eigenvalue weighted by Gasteiger charge is -2.15. The third-order valence-corrected chi connectivity index (χ3v) is 6.94. The van der Waals surface area contributed by atoms with E-state index in [9.17, 15) is 8.42 Å². The molecule has 0 amide bonds. The Morgan fingerprint density at radius 1 is 0.920 bits per heavy atom. The Bertz CT molecular complexity index is 812. The maximum atomic E-state index is 12.5. The molecule has 134 valence electrons. The molecule has 2 aromatic carbocycles. The molecule has 2 aromatic rings. The van der Waals surface area contributed by atoms with Gasteiger partial charge in [-0.3, -0.25) is 0 Å². The SMILES string of the molecule is O=S(=O)(c1ccc(CNCc2c(Cl)cccc2Cl)cc1)N1CCCC1. The van der Waals surface area contributed by atoms with Gasteiger partial charge < -0.3 is 5.32 Å². The maximum Gasteiger partial charge on any atom is 0.243 e. The van der Waals surface area contributed by atoms with Crippen molar-refractivity contribution in [1.82, 2.24) is 9.62 Å². The van der Waals surface area contributed by atoms with Crippen molar-refractivity contribution in [3.05, 3.63) is 63.6 Å². The number of nitrogens with one attached hydrogen (secondary N) is 1. The van der Waals surface area contributed by atoms with Crippen molar-refractivity contribution in [2.24, 2.45) is 0 Å². The first-order chi connectivity index (χ1) is 12.0. The first-order valence-corrected chi connectivity index (χ1v) is 10.4. The largest absolute Gasteiger partial charge is 0.309 e. The molecule has 1 aliphatic heterocycles. The van der Waals surface area contributed by atoms with Gasteiger partial charge in [0.05, 0.1) is 4.90 Å². The molecule has 1 heterocycles. The highest BCUT2D eigenvalue weighted by Gasteiger charge is 2.26. The molecule has 4 nitrogen and oxygen atoms in total. The Labute approximate surface area is 158 Å². The number of benzene rings is 2. The van der Waals surface area contributed by atoms with Crippen molar-refractivity contribution in [1.29, 1.82) is 0 Å². The molecule has 0 bridgehead atoms. The minimum Gasteiger partial charge on any atom is -0.309 e. The van der Waals surface area contributed by atoms with Crippen LogP contribution >= 0.6 is 23.2 Å². The molecule has 7 heteroatoms. The van der Waals surface area contributed by atoms with Gasteiger partial charge in [0, 0.05) is 41.8 Å². The van der Waals surface area contributed by atoms with E-state index in [1.807, 2.05) is 30.3 Å². The summed E-state index contributed by atoms with van der Waals surface area (Å²) in [6.45, 7) is 2.38. The van der Waals surface area contributed by atoms with Gasteiger partial charge in [-0.05, 0) is 42.7 Å². The predicted octanol–water partition coefficient (Wildman–Crippen LogP) is 4.07. The van der Waals surface area contributed by atoms with Crippen LogP contribution in [0.1, 0.15) is 24.0 Å². The number of rotatable bonds is 6. The van der Waals surface area contributed by atoms with Gasteiger partial charge in [0.2, 0.25) is 10.0 Å². The second kappa shape index (κ2) is 8.06. The molecule has 25 heavy (non-hydrogen) atoms. The van der Waals surface area contributed by atoms with E-state index in [4.69, 9.17) is 23.2 Å². The third kappa shape index (κ3) is 4.36. The second-order valence-electron chi connectivity index (χ2n) is 6.06.